The van der Waals surface area contributed by atoms with Gasteiger partial charge >= 0.3 is 0 Å². The first-order valence-electron chi connectivity index (χ1n) is 6.66. The zero-order valence-corrected chi connectivity index (χ0v) is 11.1. The van der Waals surface area contributed by atoms with Gasteiger partial charge in [0.2, 0.25) is 0 Å². The van der Waals surface area contributed by atoms with Crippen molar-refractivity contribution in [1.29, 1.82) is 0 Å². The van der Waals surface area contributed by atoms with Gasteiger partial charge in [-0.05, 0) is 31.5 Å². The summed E-state index contributed by atoms with van der Waals surface area (Å²) in [4.78, 5) is 0. The van der Waals surface area contributed by atoms with Gasteiger partial charge in [-0.1, -0.05) is 23.4 Å². The molecular formula is C15H18N2O2. The second-order valence-electron chi connectivity index (χ2n) is 4.93. The van der Waals surface area contributed by atoms with E-state index in [1.807, 2.05) is 24.3 Å². The maximum atomic E-state index is 5.45. The normalized spacial score (nSPS) is 18.7. The van der Waals surface area contributed by atoms with Crippen molar-refractivity contribution in [2.24, 2.45) is 5.92 Å². The van der Waals surface area contributed by atoms with Crippen LogP contribution in [0.3, 0.4) is 0 Å². The number of hydrogen-bond acceptors (Lipinski definition) is 4. The minimum absolute atomic E-state index is 0.640. The number of para-hydroxylation sites is 1. The van der Waals surface area contributed by atoms with Crippen molar-refractivity contribution < 1.29 is 9.26 Å². The minimum Gasteiger partial charge on any atom is -0.496 e. The Labute approximate surface area is 112 Å². The van der Waals surface area contributed by atoms with E-state index in [9.17, 15) is 0 Å². The molecule has 2 heterocycles. The summed E-state index contributed by atoms with van der Waals surface area (Å²) in [6.07, 6.45) is 3.92. The predicted octanol–water partition coefficient (Wildman–Crippen LogP) is 2.50. The lowest BCUT2D eigenvalue weighted by molar-refractivity contribution is 0.364. The highest BCUT2D eigenvalue weighted by molar-refractivity contribution is 5.71. The summed E-state index contributed by atoms with van der Waals surface area (Å²) >= 11 is 0. The SMILES string of the molecule is COc1ccccc1-c1cnoc1CC1CCNC1. The van der Waals surface area contributed by atoms with Gasteiger partial charge in [-0.3, -0.25) is 0 Å². The zero-order valence-electron chi connectivity index (χ0n) is 11.1. The molecule has 4 nitrogen and oxygen atoms in total. The highest BCUT2D eigenvalue weighted by atomic mass is 16.5. The fraction of sp³-hybridized carbons (Fsp3) is 0.400. The second kappa shape index (κ2) is 5.45. The molecule has 1 atom stereocenters. The largest absolute Gasteiger partial charge is 0.496 e. The van der Waals surface area contributed by atoms with Gasteiger partial charge in [-0.25, -0.2) is 0 Å². The van der Waals surface area contributed by atoms with Gasteiger partial charge in [0.15, 0.2) is 0 Å². The van der Waals surface area contributed by atoms with Gasteiger partial charge in [0.05, 0.1) is 13.3 Å². The van der Waals surface area contributed by atoms with E-state index < -0.39 is 0 Å². The summed E-state index contributed by atoms with van der Waals surface area (Å²) in [5, 5.41) is 7.34. The van der Waals surface area contributed by atoms with Crippen LogP contribution in [0.5, 0.6) is 5.75 Å². The van der Waals surface area contributed by atoms with Crippen molar-refractivity contribution in [3.8, 4) is 16.9 Å². The van der Waals surface area contributed by atoms with Crippen molar-refractivity contribution in [1.82, 2.24) is 10.5 Å². The zero-order chi connectivity index (χ0) is 13.1. The lowest BCUT2D eigenvalue weighted by atomic mass is 9.98. The summed E-state index contributed by atoms with van der Waals surface area (Å²) in [6, 6.07) is 7.98. The molecule has 1 aromatic carbocycles. The molecule has 1 unspecified atom stereocenters. The van der Waals surface area contributed by atoms with Crippen molar-refractivity contribution in [3.05, 3.63) is 36.2 Å². The lowest BCUT2D eigenvalue weighted by Crippen LogP contribution is -2.10. The molecular weight excluding hydrogens is 240 g/mol. The first kappa shape index (κ1) is 12.2. The molecule has 1 fully saturated rings. The summed E-state index contributed by atoms with van der Waals surface area (Å²) in [6.45, 7) is 2.16. The highest BCUT2D eigenvalue weighted by Crippen LogP contribution is 2.33. The van der Waals surface area contributed by atoms with Crippen LogP contribution in [-0.4, -0.2) is 25.4 Å². The number of methoxy groups -OCH3 is 1. The summed E-state index contributed by atoms with van der Waals surface area (Å²) in [5.74, 6) is 2.45. The van der Waals surface area contributed by atoms with Gasteiger partial charge in [0.25, 0.3) is 0 Å². The number of nitrogens with one attached hydrogen (secondary N) is 1. The number of ether oxygens (including phenoxy) is 1. The number of benzene rings is 1. The van der Waals surface area contributed by atoms with Gasteiger partial charge in [-0.15, -0.1) is 0 Å². The molecule has 1 N–H and O–H groups in total. The van der Waals surface area contributed by atoms with E-state index in [0.717, 1.165) is 42.1 Å². The Hall–Kier alpha value is -1.81. The molecule has 1 aliphatic heterocycles. The average molecular weight is 258 g/mol. The minimum atomic E-state index is 0.640. The smallest absolute Gasteiger partial charge is 0.144 e. The van der Waals surface area contributed by atoms with E-state index in [-0.39, 0.29) is 0 Å². The molecule has 0 aliphatic carbocycles. The van der Waals surface area contributed by atoms with Crippen molar-refractivity contribution >= 4 is 0 Å². The van der Waals surface area contributed by atoms with Gasteiger partial charge < -0.3 is 14.6 Å². The third-order valence-electron chi connectivity index (χ3n) is 3.68. The molecule has 0 radical (unpaired) electrons. The molecule has 19 heavy (non-hydrogen) atoms. The average Bonchev–Trinajstić information content (AvgIpc) is 3.11. The first-order valence-corrected chi connectivity index (χ1v) is 6.66. The third kappa shape index (κ3) is 2.49. The molecule has 1 aromatic heterocycles. The van der Waals surface area contributed by atoms with Crippen LogP contribution in [-0.2, 0) is 6.42 Å². The molecule has 0 bridgehead atoms. The summed E-state index contributed by atoms with van der Waals surface area (Å²) in [7, 11) is 1.69. The van der Waals surface area contributed by atoms with Crippen LogP contribution in [0.4, 0.5) is 0 Å². The van der Waals surface area contributed by atoms with Crippen LogP contribution >= 0.6 is 0 Å². The van der Waals surface area contributed by atoms with Crippen LogP contribution in [0, 0.1) is 5.92 Å². The van der Waals surface area contributed by atoms with Crippen molar-refractivity contribution in [3.63, 3.8) is 0 Å². The van der Waals surface area contributed by atoms with E-state index in [2.05, 4.69) is 10.5 Å². The standard InChI is InChI=1S/C15H18N2O2/c1-18-14-5-3-2-4-12(14)13-10-17-19-15(13)8-11-6-7-16-9-11/h2-5,10-11,16H,6-9H2,1H3. The van der Waals surface area contributed by atoms with E-state index in [1.54, 1.807) is 13.3 Å². The Bertz CT molecular complexity index is 545. The molecule has 0 amide bonds. The van der Waals surface area contributed by atoms with Crippen molar-refractivity contribution in [2.45, 2.75) is 12.8 Å². The Kier molecular flexibility index (Phi) is 3.51. The molecule has 100 valence electrons. The number of nitrogens with zero attached hydrogens (tertiary/aromatic N) is 1. The summed E-state index contributed by atoms with van der Waals surface area (Å²) < 4.78 is 10.9. The Balaban J connectivity index is 1.90. The number of aromatic nitrogens is 1. The first-order chi connectivity index (χ1) is 9.38. The van der Waals surface area contributed by atoms with Crippen LogP contribution < -0.4 is 10.1 Å². The molecule has 2 aromatic rings. The maximum absolute atomic E-state index is 5.45. The fourth-order valence-electron chi connectivity index (χ4n) is 2.65. The van der Waals surface area contributed by atoms with E-state index in [0.29, 0.717) is 5.92 Å². The molecule has 0 saturated carbocycles. The van der Waals surface area contributed by atoms with Crippen molar-refractivity contribution in [2.75, 3.05) is 20.2 Å². The molecule has 1 aliphatic rings. The lowest BCUT2D eigenvalue weighted by Gasteiger charge is -2.09. The van der Waals surface area contributed by atoms with E-state index in [4.69, 9.17) is 9.26 Å². The molecule has 3 rings (SSSR count). The highest BCUT2D eigenvalue weighted by Gasteiger charge is 2.21. The Morgan fingerprint density at radius 1 is 1.37 bits per heavy atom. The fourth-order valence-corrected chi connectivity index (χ4v) is 2.65. The number of rotatable bonds is 4. The molecule has 1 saturated heterocycles. The number of hydrogen-bond donors (Lipinski definition) is 1. The molecule has 4 heteroatoms. The van der Waals surface area contributed by atoms with Crippen LogP contribution in [0.25, 0.3) is 11.1 Å². The van der Waals surface area contributed by atoms with E-state index in [1.165, 1.54) is 6.42 Å². The second-order valence-corrected chi connectivity index (χ2v) is 4.93. The maximum Gasteiger partial charge on any atom is 0.144 e. The monoisotopic (exact) mass is 258 g/mol. The topological polar surface area (TPSA) is 47.3 Å². The third-order valence-corrected chi connectivity index (χ3v) is 3.68. The van der Waals surface area contributed by atoms with Crippen LogP contribution in [0.2, 0.25) is 0 Å². The van der Waals surface area contributed by atoms with Gasteiger partial charge in [0.1, 0.15) is 11.5 Å². The van der Waals surface area contributed by atoms with Crippen LogP contribution in [0.15, 0.2) is 35.0 Å². The molecule has 0 spiro atoms. The quantitative estimate of drug-likeness (QED) is 0.915. The summed E-state index contributed by atoms with van der Waals surface area (Å²) in [5.41, 5.74) is 2.09. The van der Waals surface area contributed by atoms with Crippen LogP contribution in [0.1, 0.15) is 12.2 Å². The predicted molar refractivity (Wildman–Crippen MR) is 73.2 cm³/mol. The Morgan fingerprint density at radius 2 is 2.26 bits per heavy atom. The van der Waals surface area contributed by atoms with Gasteiger partial charge in [0, 0.05) is 17.5 Å². The van der Waals surface area contributed by atoms with Gasteiger partial charge in [-0.2, -0.15) is 0 Å². The van der Waals surface area contributed by atoms with E-state index >= 15 is 0 Å². The Morgan fingerprint density at radius 3 is 3.05 bits per heavy atom.